The molecule has 0 saturated heterocycles. The van der Waals surface area contributed by atoms with Crippen molar-refractivity contribution in [2.75, 3.05) is 5.17 Å². The molecule has 5 nitrogen and oxygen atoms in total. The second-order valence-electron chi connectivity index (χ2n) is 4.07. The number of hydrogen-bond donors (Lipinski definition) is 0. The maximum Gasteiger partial charge on any atom is 0.219 e. The monoisotopic (exact) mass is 696 g/mol. The molecular formula is C12H4Br6N3O2. The molecule has 0 fully saturated rings. The van der Waals surface area contributed by atoms with Gasteiger partial charge in [-0.15, -0.1) is 4.86 Å². The molecule has 0 heterocycles. The minimum atomic E-state index is 0.179. The molecule has 2 aromatic carbocycles. The Labute approximate surface area is 182 Å². The summed E-state index contributed by atoms with van der Waals surface area (Å²) in [6.45, 7) is 0. The number of hydrogen-bond acceptors (Lipinski definition) is 2. The summed E-state index contributed by atoms with van der Waals surface area (Å²) in [7, 11) is 0. The highest BCUT2D eigenvalue weighted by molar-refractivity contribution is 9.12. The zero-order valence-electron chi connectivity index (χ0n) is 10.7. The standard InChI is InChI=1S/C12H4Br6N3O2/c13-5-1-7(15)11(8(16)2-5)20(22)19-21(23)12-9(17)3-6(14)4-10(12)18/h1-4H/b20-19-. The van der Waals surface area contributed by atoms with Gasteiger partial charge in [0.25, 0.3) is 0 Å². The summed E-state index contributed by atoms with van der Waals surface area (Å²) in [5.74, 6) is 0. The Hall–Kier alpha value is 0.480. The predicted octanol–water partition coefficient (Wildman–Crippen LogP) is 7.62. The van der Waals surface area contributed by atoms with Gasteiger partial charge in [-0.25, -0.2) is 0 Å². The largest absolute Gasteiger partial charge is 0.691 e. The fourth-order valence-corrected chi connectivity index (χ4v) is 6.72. The maximum absolute atomic E-state index is 12.3. The van der Waals surface area contributed by atoms with Gasteiger partial charge in [-0.2, -0.15) is 0 Å². The van der Waals surface area contributed by atoms with Gasteiger partial charge in [0, 0.05) is 14.2 Å². The third-order valence-electron chi connectivity index (χ3n) is 2.51. The van der Waals surface area contributed by atoms with Crippen LogP contribution in [0.4, 0.5) is 11.4 Å². The van der Waals surface area contributed by atoms with Crippen LogP contribution >= 0.6 is 95.6 Å². The van der Waals surface area contributed by atoms with E-state index in [2.05, 4.69) is 101 Å². The van der Waals surface area contributed by atoms with Crippen molar-refractivity contribution in [3.8, 4) is 0 Å². The molecule has 0 N–H and O–H groups in total. The molecule has 0 atom stereocenters. The lowest BCUT2D eigenvalue weighted by molar-refractivity contribution is -0.451. The molecule has 0 amide bonds. The van der Waals surface area contributed by atoms with Crippen molar-refractivity contribution in [2.24, 2.45) is 5.22 Å². The Morgan fingerprint density at radius 1 is 0.826 bits per heavy atom. The molecule has 0 unspecified atom stereocenters. The van der Waals surface area contributed by atoms with Crippen LogP contribution in [0.1, 0.15) is 0 Å². The predicted molar refractivity (Wildman–Crippen MR) is 108 cm³/mol. The topological polar surface area (TPSA) is 61.6 Å². The number of nitrogens with zero attached hydrogens (tertiary/aromatic N) is 3. The van der Waals surface area contributed by atoms with E-state index >= 15 is 0 Å². The first-order valence-electron chi connectivity index (χ1n) is 5.66. The molecule has 0 aliphatic carbocycles. The van der Waals surface area contributed by atoms with Crippen LogP contribution in [-0.4, -0.2) is 4.86 Å². The molecule has 0 aliphatic heterocycles. The number of benzene rings is 2. The van der Waals surface area contributed by atoms with Crippen molar-refractivity contribution < 1.29 is 10.1 Å². The molecular weight excluding hydrogens is 698 g/mol. The van der Waals surface area contributed by atoms with Crippen LogP contribution in [0.25, 0.3) is 0 Å². The van der Waals surface area contributed by atoms with Gasteiger partial charge in [0.05, 0.1) is 23.1 Å². The molecule has 0 aromatic heterocycles. The Bertz CT molecular complexity index is 752. The number of halogens is 6. The highest BCUT2D eigenvalue weighted by atomic mass is 79.9. The zero-order chi connectivity index (χ0) is 17.3. The lowest BCUT2D eigenvalue weighted by Gasteiger charge is -2.12. The lowest BCUT2D eigenvalue weighted by Crippen LogP contribution is -2.13. The van der Waals surface area contributed by atoms with E-state index < -0.39 is 0 Å². The van der Waals surface area contributed by atoms with Gasteiger partial charge in [-0.3, -0.25) is 0 Å². The summed E-state index contributed by atoms with van der Waals surface area (Å²) in [5.41, 5.74) is 0.358. The second kappa shape index (κ2) is 8.24. The SMILES string of the molecule is [O]N(/N=[N+](\[O-])c1c(Br)cc(Br)cc1Br)c1c(Br)cc(Br)cc1Br. The third kappa shape index (κ3) is 4.77. The van der Waals surface area contributed by atoms with E-state index in [0.29, 0.717) is 17.9 Å². The molecule has 0 aliphatic rings. The van der Waals surface area contributed by atoms with Gasteiger partial charge in [0.1, 0.15) is 5.22 Å². The zero-order valence-corrected chi connectivity index (χ0v) is 20.3. The van der Waals surface area contributed by atoms with E-state index in [4.69, 9.17) is 0 Å². The molecule has 2 aromatic rings. The highest BCUT2D eigenvalue weighted by Gasteiger charge is 2.23. The average molecular weight is 702 g/mol. The van der Waals surface area contributed by atoms with Crippen LogP contribution in [0.5, 0.6) is 0 Å². The van der Waals surface area contributed by atoms with Crippen molar-refractivity contribution in [3.63, 3.8) is 0 Å². The van der Waals surface area contributed by atoms with Crippen molar-refractivity contribution in [1.29, 1.82) is 0 Å². The van der Waals surface area contributed by atoms with E-state index in [1.165, 1.54) is 0 Å². The van der Waals surface area contributed by atoms with Crippen LogP contribution in [0.3, 0.4) is 0 Å². The van der Waals surface area contributed by atoms with Gasteiger partial charge in [-0.05, 0) is 88.0 Å². The first kappa shape index (κ1) is 19.8. The van der Waals surface area contributed by atoms with Crippen molar-refractivity contribution in [3.05, 3.63) is 56.3 Å². The molecule has 1 radical (unpaired) electrons. The quantitative estimate of drug-likeness (QED) is 0.188. The molecule has 0 bridgehead atoms. The normalized spacial score (nSPS) is 11.7. The van der Waals surface area contributed by atoms with Crippen molar-refractivity contribution in [1.82, 2.24) is 0 Å². The van der Waals surface area contributed by atoms with Gasteiger partial charge in [0.15, 0.2) is 5.69 Å². The summed E-state index contributed by atoms with van der Waals surface area (Å²) >= 11 is 19.7. The van der Waals surface area contributed by atoms with E-state index in [9.17, 15) is 10.4 Å². The van der Waals surface area contributed by atoms with Crippen LogP contribution in [0.15, 0.2) is 56.3 Å². The van der Waals surface area contributed by atoms with Gasteiger partial charge in [0.2, 0.25) is 5.69 Å². The average Bonchev–Trinajstić information content (AvgIpc) is 2.35. The Morgan fingerprint density at radius 2 is 1.22 bits per heavy atom. The van der Waals surface area contributed by atoms with Gasteiger partial charge in [-0.1, -0.05) is 31.9 Å². The van der Waals surface area contributed by atoms with Gasteiger partial charge < -0.3 is 5.21 Å². The third-order valence-corrected chi connectivity index (χ3v) is 5.84. The van der Waals surface area contributed by atoms with Crippen molar-refractivity contribution in [2.45, 2.75) is 0 Å². The fraction of sp³-hybridized carbons (Fsp3) is 0. The summed E-state index contributed by atoms with van der Waals surface area (Å²) < 4.78 is 3.48. The minimum absolute atomic E-state index is 0.179. The summed E-state index contributed by atoms with van der Waals surface area (Å²) in [5, 5.41) is 28.3. The van der Waals surface area contributed by atoms with Crippen LogP contribution in [0, 0.1) is 5.21 Å². The first-order valence-corrected chi connectivity index (χ1v) is 10.4. The molecule has 2 rings (SSSR count). The van der Waals surface area contributed by atoms with E-state index in [0.717, 1.165) is 8.95 Å². The summed E-state index contributed by atoms with van der Waals surface area (Å²) in [6, 6.07) is 6.73. The molecule has 121 valence electrons. The first-order chi connectivity index (χ1) is 10.7. The van der Waals surface area contributed by atoms with Gasteiger partial charge >= 0.3 is 0 Å². The number of rotatable bonds is 3. The highest BCUT2D eigenvalue weighted by Crippen LogP contribution is 2.39. The molecule has 0 spiro atoms. The van der Waals surface area contributed by atoms with Crippen LogP contribution in [-0.2, 0) is 5.21 Å². The van der Waals surface area contributed by atoms with Crippen LogP contribution in [0.2, 0.25) is 0 Å². The Kier molecular flexibility index (Phi) is 7.09. The smallest absolute Gasteiger partial charge is 0.219 e. The second-order valence-corrected chi connectivity index (χ2v) is 9.32. The number of anilines is 1. The fourth-order valence-electron chi connectivity index (χ4n) is 1.60. The van der Waals surface area contributed by atoms with E-state index in [1.54, 1.807) is 24.3 Å². The molecule has 23 heavy (non-hydrogen) atoms. The summed E-state index contributed by atoms with van der Waals surface area (Å²) in [4.78, 5) is 0.245. The molecule has 0 saturated carbocycles. The van der Waals surface area contributed by atoms with Crippen molar-refractivity contribution >= 4 is 107 Å². The van der Waals surface area contributed by atoms with E-state index in [1.807, 2.05) is 0 Å². The minimum Gasteiger partial charge on any atom is -0.691 e. The lowest BCUT2D eigenvalue weighted by atomic mass is 10.3. The maximum atomic E-state index is 12.3. The Balaban J connectivity index is 2.46. The molecule has 11 heteroatoms. The van der Waals surface area contributed by atoms with E-state index in [-0.39, 0.29) is 21.4 Å². The Morgan fingerprint density at radius 3 is 1.65 bits per heavy atom. The summed E-state index contributed by atoms with van der Waals surface area (Å²) in [6.07, 6.45) is 0. The van der Waals surface area contributed by atoms with Crippen LogP contribution < -0.4 is 5.17 Å².